The largest absolute Gasteiger partial charge is 0.345 e. The number of nitrogens with one attached hydrogen (secondary N) is 1. The molecule has 0 bridgehead atoms. The van der Waals surface area contributed by atoms with Crippen LogP contribution in [-0.4, -0.2) is 24.1 Å². The topological polar surface area (TPSA) is 28.2 Å². The molecule has 3 nitrogen and oxygen atoms in total. The highest BCUT2D eigenvalue weighted by Gasteiger charge is 2.28. The van der Waals surface area contributed by atoms with E-state index in [0.717, 1.165) is 19.0 Å². The van der Waals surface area contributed by atoms with Crippen LogP contribution in [-0.2, 0) is 0 Å². The van der Waals surface area contributed by atoms with Crippen LogP contribution in [0.3, 0.4) is 0 Å². The Balaban J connectivity index is 2.01. The van der Waals surface area contributed by atoms with E-state index in [0.29, 0.717) is 12.1 Å². The van der Waals surface area contributed by atoms with Gasteiger partial charge >= 0.3 is 0 Å². The molecule has 1 aromatic rings. The Morgan fingerprint density at radius 1 is 1.56 bits per heavy atom. The van der Waals surface area contributed by atoms with Gasteiger partial charge in [-0.05, 0) is 39.2 Å². The summed E-state index contributed by atoms with van der Waals surface area (Å²) in [5, 5.41) is 6.91. The van der Waals surface area contributed by atoms with Gasteiger partial charge in [0.15, 0.2) is 5.13 Å². The quantitative estimate of drug-likeness (QED) is 0.886. The summed E-state index contributed by atoms with van der Waals surface area (Å²) in [4.78, 5) is 7.28. The van der Waals surface area contributed by atoms with Crippen molar-refractivity contribution in [2.75, 3.05) is 18.0 Å². The van der Waals surface area contributed by atoms with E-state index in [9.17, 15) is 0 Å². The van der Waals surface area contributed by atoms with Gasteiger partial charge in [-0.1, -0.05) is 13.8 Å². The summed E-state index contributed by atoms with van der Waals surface area (Å²) in [6.07, 6.45) is 2.46. The fourth-order valence-corrected chi connectivity index (χ4v) is 3.67. The molecule has 0 radical (unpaired) electrons. The van der Waals surface area contributed by atoms with Gasteiger partial charge in [0, 0.05) is 24.0 Å². The van der Waals surface area contributed by atoms with Crippen LogP contribution in [0.25, 0.3) is 0 Å². The Morgan fingerprint density at radius 2 is 2.33 bits per heavy atom. The second-order valence-corrected chi connectivity index (χ2v) is 6.41. The highest BCUT2D eigenvalue weighted by atomic mass is 32.1. The van der Waals surface area contributed by atoms with Crippen LogP contribution in [0.2, 0.25) is 0 Å². The molecular weight excluding hydrogens is 242 g/mol. The number of hydrogen-bond acceptors (Lipinski definition) is 4. The summed E-state index contributed by atoms with van der Waals surface area (Å²) < 4.78 is 0. The van der Waals surface area contributed by atoms with E-state index < -0.39 is 0 Å². The van der Waals surface area contributed by atoms with Crippen molar-refractivity contribution in [1.82, 2.24) is 10.3 Å². The first-order valence-electron chi connectivity index (χ1n) is 7.07. The standard InChI is InChI=1S/C14H25N3S/c1-5-6-15-12(4)13-9-18-14(16-13)17-8-10(2)7-11(17)3/h9-12,15H,5-8H2,1-4H3. The average Bonchev–Trinajstić information content (AvgIpc) is 2.92. The van der Waals surface area contributed by atoms with Crippen LogP contribution in [0.4, 0.5) is 5.13 Å². The minimum atomic E-state index is 0.366. The van der Waals surface area contributed by atoms with Crippen LogP contribution < -0.4 is 10.2 Å². The van der Waals surface area contributed by atoms with Crippen molar-refractivity contribution in [3.05, 3.63) is 11.1 Å². The molecular formula is C14H25N3S. The lowest BCUT2D eigenvalue weighted by atomic mass is 10.1. The lowest BCUT2D eigenvalue weighted by molar-refractivity contribution is 0.560. The Morgan fingerprint density at radius 3 is 2.94 bits per heavy atom. The van der Waals surface area contributed by atoms with Gasteiger partial charge in [-0.15, -0.1) is 11.3 Å². The Kier molecular flexibility index (Phi) is 4.62. The van der Waals surface area contributed by atoms with Gasteiger partial charge in [0.1, 0.15) is 0 Å². The highest BCUT2D eigenvalue weighted by molar-refractivity contribution is 7.13. The van der Waals surface area contributed by atoms with Crippen molar-refractivity contribution in [3.8, 4) is 0 Å². The number of aromatic nitrogens is 1. The molecule has 0 amide bonds. The highest BCUT2D eigenvalue weighted by Crippen LogP contribution is 2.32. The van der Waals surface area contributed by atoms with Crippen LogP contribution >= 0.6 is 11.3 Å². The van der Waals surface area contributed by atoms with Crippen LogP contribution in [0.15, 0.2) is 5.38 Å². The minimum absolute atomic E-state index is 0.366. The van der Waals surface area contributed by atoms with Gasteiger partial charge in [-0.3, -0.25) is 0 Å². The maximum Gasteiger partial charge on any atom is 0.185 e. The smallest absolute Gasteiger partial charge is 0.185 e. The lowest BCUT2D eigenvalue weighted by Crippen LogP contribution is -2.26. The molecule has 2 heterocycles. The normalized spacial score (nSPS) is 25.7. The molecule has 2 rings (SSSR count). The predicted molar refractivity (Wildman–Crippen MR) is 79.4 cm³/mol. The summed E-state index contributed by atoms with van der Waals surface area (Å²) in [6.45, 7) is 11.2. The number of rotatable bonds is 5. The van der Waals surface area contributed by atoms with Crippen molar-refractivity contribution >= 4 is 16.5 Å². The van der Waals surface area contributed by atoms with Crippen molar-refractivity contribution in [1.29, 1.82) is 0 Å². The Labute approximate surface area is 115 Å². The monoisotopic (exact) mass is 267 g/mol. The zero-order valence-electron chi connectivity index (χ0n) is 11.9. The van der Waals surface area contributed by atoms with Gasteiger partial charge < -0.3 is 10.2 Å². The van der Waals surface area contributed by atoms with Crippen molar-refractivity contribution in [2.24, 2.45) is 5.92 Å². The molecule has 3 unspecified atom stereocenters. The van der Waals surface area contributed by atoms with E-state index in [-0.39, 0.29) is 0 Å². The molecule has 0 saturated carbocycles. The van der Waals surface area contributed by atoms with Gasteiger partial charge in [0.05, 0.1) is 5.69 Å². The van der Waals surface area contributed by atoms with Gasteiger partial charge in [-0.25, -0.2) is 4.98 Å². The maximum atomic E-state index is 4.81. The molecule has 1 saturated heterocycles. The van der Waals surface area contributed by atoms with Crippen molar-refractivity contribution in [3.63, 3.8) is 0 Å². The van der Waals surface area contributed by atoms with Crippen molar-refractivity contribution in [2.45, 2.75) is 52.6 Å². The second-order valence-electron chi connectivity index (χ2n) is 5.57. The number of thiazole rings is 1. The summed E-state index contributed by atoms with van der Waals surface area (Å²) in [6, 6.07) is 1.00. The number of anilines is 1. The van der Waals surface area contributed by atoms with Crippen LogP contribution in [0.5, 0.6) is 0 Å². The first-order chi connectivity index (χ1) is 8.61. The summed E-state index contributed by atoms with van der Waals surface area (Å²) >= 11 is 1.79. The van der Waals surface area contributed by atoms with Gasteiger partial charge in [-0.2, -0.15) is 0 Å². The summed E-state index contributed by atoms with van der Waals surface area (Å²) in [7, 11) is 0. The van der Waals surface area contributed by atoms with E-state index in [1.54, 1.807) is 11.3 Å². The van der Waals surface area contributed by atoms with Crippen LogP contribution in [0.1, 0.15) is 52.3 Å². The second kappa shape index (κ2) is 6.02. The zero-order chi connectivity index (χ0) is 13.1. The van der Waals surface area contributed by atoms with E-state index in [1.807, 2.05) is 0 Å². The fraction of sp³-hybridized carbons (Fsp3) is 0.786. The van der Waals surface area contributed by atoms with Gasteiger partial charge in [0.25, 0.3) is 0 Å². The first kappa shape index (κ1) is 13.8. The molecule has 0 aromatic carbocycles. The molecule has 102 valence electrons. The van der Waals surface area contributed by atoms with Gasteiger partial charge in [0.2, 0.25) is 0 Å². The molecule has 1 aromatic heterocycles. The van der Waals surface area contributed by atoms with E-state index >= 15 is 0 Å². The molecule has 18 heavy (non-hydrogen) atoms. The molecule has 1 aliphatic rings. The number of hydrogen-bond donors (Lipinski definition) is 1. The molecule has 1 fully saturated rings. The third-order valence-corrected chi connectivity index (χ3v) is 4.58. The first-order valence-corrected chi connectivity index (χ1v) is 7.95. The molecule has 4 heteroatoms. The SMILES string of the molecule is CCCNC(C)c1csc(N2CC(C)CC2C)n1. The van der Waals surface area contributed by atoms with Crippen molar-refractivity contribution < 1.29 is 0 Å². The van der Waals surface area contributed by atoms with Crippen LogP contribution in [0, 0.1) is 5.92 Å². The minimum Gasteiger partial charge on any atom is -0.345 e. The van der Waals surface area contributed by atoms with E-state index in [4.69, 9.17) is 4.98 Å². The lowest BCUT2D eigenvalue weighted by Gasteiger charge is -2.20. The molecule has 0 aliphatic carbocycles. The molecule has 3 atom stereocenters. The Hall–Kier alpha value is -0.610. The Bertz CT molecular complexity index is 377. The summed E-state index contributed by atoms with van der Waals surface area (Å²) in [5.41, 5.74) is 1.19. The predicted octanol–water partition coefficient (Wildman–Crippen LogP) is 3.44. The third-order valence-electron chi connectivity index (χ3n) is 3.68. The fourth-order valence-electron chi connectivity index (χ4n) is 2.64. The summed E-state index contributed by atoms with van der Waals surface area (Å²) in [5.74, 6) is 0.794. The molecule has 1 aliphatic heterocycles. The molecule has 1 N–H and O–H groups in total. The zero-order valence-corrected chi connectivity index (χ0v) is 12.8. The van der Waals surface area contributed by atoms with E-state index in [2.05, 4.69) is 43.3 Å². The maximum absolute atomic E-state index is 4.81. The average molecular weight is 267 g/mol. The third kappa shape index (κ3) is 3.04. The van der Waals surface area contributed by atoms with E-state index in [1.165, 1.54) is 23.7 Å². The number of nitrogens with zero attached hydrogens (tertiary/aromatic N) is 2. The molecule has 0 spiro atoms.